The van der Waals surface area contributed by atoms with Crippen molar-refractivity contribution in [1.29, 1.82) is 0 Å². The van der Waals surface area contributed by atoms with Crippen molar-refractivity contribution in [3.05, 3.63) is 358 Å². The number of unbranched alkanes of at least 4 members (excludes halogenated alkanes) is 12. The molecule has 16 nitrogen and oxygen atoms in total. The van der Waals surface area contributed by atoms with Gasteiger partial charge in [-0.15, -0.1) is 0 Å². The number of esters is 6. The number of rotatable bonds is 42. The molecule has 0 saturated carbocycles. The Morgan fingerprint density at radius 2 is 0.483 bits per heavy atom. The molecule has 0 heterocycles. The Hall–Kier alpha value is -13.9. The third-order valence-electron chi connectivity index (χ3n) is 28.3. The van der Waals surface area contributed by atoms with Gasteiger partial charge in [0.25, 0.3) is 0 Å². The Morgan fingerprint density at radius 3 is 0.803 bits per heavy atom. The molecule has 6 unspecified atom stereocenters. The maximum absolute atomic E-state index is 13.7. The Labute approximate surface area is 881 Å². The third-order valence-corrected chi connectivity index (χ3v) is 29.2. The molecule has 0 aliphatic heterocycles. The summed E-state index contributed by atoms with van der Waals surface area (Å²) < 4.78 is 38.2. The standard InChI is InChI=1S/C76H84N2O8.C32H24N2.C22H31IO4/c1-5-9-13-37-71(79)83-67-49-51-69(85-73(81)39-15-11-7-3)75-61(67)31-23-35-65(75)77(63-33-21-27-55-25-17-19-29-59(55)63)57-45-41-53(42-46-57)54-43-47-58(48-44-54)78(64-34-22-28-56-26-18-20-30-60(56)64)66-36-24-32-62-68(84-72(80)38-14-10-6-2)50-52-70(76(62)66)86-74(82)40-16-12-8-4;1-3-11-29-25(7-1)9-5-13-31(29)33-27-19-15-23(16-20-27)24-17-21-28(22-18-24)34-32-14-6-10-26-8-2-4-12-30(26)32;1-3-5-7-12-20(24)26-18-14-15-19(27-21(25)13-8-6-4-2)22-16(18)10-9-11-17(22)23/h17-36,41-48,67-70H,5-16,37-40,49-52H2,1-4H3;1-22,33-34H;9-11,18-19H,3-8,12-15H2,1-2H3. The van der Waals surface area contributed by atoms with Crippen molar-refractivity contribution in [2.75, 3.05) is 20.4 Å². The second-order valence-corrected chi connectivity index (χ2v) is 40.0. The Bertz CT molecular complexity index is 6570. The molecular formula is C130H139IN4O12. The Kier molecular flexibility index (Phi) is 38.5. The van der Waals surface area contributed by atoms with Crippen molar-refractivity contribution in [3.63, 3.8) is 0 Å². The maximum Gasteiger partial charge on any atom is 0.306 e. The lowest BCUT2D eigenvalue weighted by molar-refractivity contribution is -0.156. The van der Waals surface area contributed by atoms with Gasteiger partial charge in [-0.2, -0.15) is 0 Å². The number of anilines is 10. The predicted molar refractivity (Wildman–Crippen MR) is 607 cm³/mol. The predicted octanol–water partition coefficient (Wildman–Crippen LogP) is 36.4. The minimum absolute atomic E-state index is 0.130. The second-order valence-electron chi connectivity index (χ2n) is 38.9. The number of nitrogens with zero attached hydrogens (tertiary/aromatic N) is 2. The van der Waals surface area contributed by atoms with Gasteiger partial charge in [0, 0.05) is 131 Å². The highest BCUT2D eigenvalue weighted by atomic mass is 127. The topological polar surface area (TPSA) is 188 Å². The summed E-state index contributed by atoms with van der Waals surface area (Å²) in [5.74, 6) is -1.12. The van der Waals surface area contributed by atoms with Crippen molar-refractivity contribution in [2.24, 2.45) is 0 Å². The van der Waals surface area contributed by atoms with Gasteiger partial charge in [0.2, 0.25) is 0 Å². The van der Waals surface area contributed by atoms with Crippen molar-refractivity contribution in [3.8, 4) is 22.3 Å². The molecule has 0 amide bonds. The molecule has 3 aliphatic carbocycles. The molecule has 0 bridgehead atoms. The fourth-order valence-corrected chi connectivity index (χ4v) is 21.5. The number of hydrogen-bond donors (Lipinski definition) is 2. The van der Waals surface area contributed by atoms with Gasteiger partial charge in [0.05, 0.1) is 22.7 Å². The normalized spacial score (nSPS) is 15.4. The SMILES string of the molecule is CCCCCC(=O)OC1CCC(OC(=O)CCCCC)c2c(I)cccc21.CCCCCC(=O)OC1CCC(OC(=O)CCCCC)c2c1cccc2N(c1ccc(-c2ccc(N(c3cccc4c3C(OC(=O)CCCCC)CCC4OC(=O)CCCCC)c3cccc4ccccc34)cc2)cc1)c1cccc2ccccc12.c1ccc2c(Nc3ccc(-c4ccc(Nc5cccc6ccccc56)cc4)cc3)cccc2c1. The summed E-state index contributed by atoms with van der Waals surface area (Å²) >= 11 is 2.28. The van der Waals surface area contributed by atoms with Crippen LogP contribution in [-0.4, -0.2) is 35.8 Å². The van der Waals surface area contributed by atoms with Gasteiger partial charge in [0.15, 0.2) is 0 Å². The molecule has 18 rings (SSSR count). The first-order valence-corrected chi connectivity index (χ1v) is 54.8. The number of fused-ring (bicyclic) bond motifs is 7. The molecule has 3 aliphatic rings. The van der Waals surface area contributed by atoms with E-state index in [1.165, 1.54) is 32.7 Å². The van der Waals surface area contributed by atoms with Gasteiger partial charge in [-0.3, -0.25) is 28.8 Å². The number of halogens is 1. The van der Waals surface area contributed by atoms with Gasteiger partial charge in [-0.1, -0.05) is 349 Å². The lowest BCUT2D eigenvalue weighted by Gasteiger charge is -2.36. The van der Waals surface area contributed by atoms with Gasteiger partial charge in [0.1, 0.15) is 36.6 Å². The number of carbonyl (C=O) groups is 6. The molecule has 6 atom stereocenters. The van der Waals surface area contributed by atoms with E-state index in [4.69, 9.17) is 28.4 Å². The average molecular weight is 2080 g/mol. The van der Waals surface area contributed by atoms with Crippen LogP contribution in [0.3, 0.4) is 0 Å². The highest BCUT2D eigenvalue weighted by molar-refractivity contribution is 14.1. The summed E-state index contributed by atoms with van der Waals surface area (Å²) in [4.78, 5) is 83.2. The fraction of sp³-hybridized carbons (Fsp3) is 0.323. The van der Waals surface area contributed by atoms with E-state index in [1.807, 2.05) is 42.5 Å². The average Bonchev–Trinajstić information content (AvgIpc) is 0.747. The minimum Gasteiger partial charge on any atom is -0.457 e. The van der Waals surface area contributed by atoms with Crippen LogP contribution in [0.1, 0.15) is 304 Å². The summed E-state index contributed by atoms with van der Waals surface area (Å²) in [6, 6.07) is 112. The van der Waals surface area contributed by atoms with Crippen molar-refractivity contribution in [1.82, 2.24) is 0 Å². The van der Waals surface area contributed by atoms with E-state index in [0.29, 0.717) is 77.0 Å². The molecule has 0 radical (unpaired) electrons. The second kappa shape index (κ2) is 53.4. The zero-order valence-corrected chi connectivity index (χ0v) is 88.1. The first-order valence-electron chi connectivity index (χ1n) is 53.7. The van der Waals surface area contributed by atoms with Crippen LogP contribution in [0.15, 0.2) is 322 Å². The van der Waals surface area contributed by atoms with Crippen LogP contribution in [-0.2, 0) is 57.2 Å². The zero-order valence-electron chi connectivity index (χ0n) is 85.9. The monoisotopic (exact) mass is 2070 g/mol. The van der Waals surface area contributed by atoms with E-state index < -0.39 is 24.4 Å². The molecule has 15 aromatic carbocycles. The van der Waals surface area contributed by atoms with Crippen LogP contribution in [0.2, 0.25) is 0 Å². The maximum atomic E-state index is 13.7. The molecule has 0 fully saturated rings. The number of nitrogens with one attached hydrogen (secondary N) is 2. The fourth-order valence-electron chi connectivity index (χ4n) is 20.6. The van der Waals surface area contributed by atoms with Crippen molar-refractivity contribution in [2.45, 2.75) is 271 Å². The van der Waals surface area contributed by atoms with E-state index in [-0.39, 0.29) is 48.0 Å². The smallest absolute Gasteiger partial charge is 0.306 e. The molecular weight excluding hydrogens is 1940 g/mol. The van der Waals surface area contributed by atoms with Crippen LogP contribution < -0.4 is 20.4 Å². The number of ether oxygens (including phenoxy) is 6. The summed E-state index contributed by atoms with van der Waals surface area (Å²) in [5.41, 5.74) is 19.7. The molecule has 0 aromatic heterocycles. The highest BCUT2D eigenvalue weighted by Crippen LogP contribution is 2.54. The van der Waals surface area contributed by atoms with E-state index >= 15 is 0 Å². The van der Waals surface area contributed by atoms with Crippen LogP contribution in [0.25, 0.3) is 65.3 Å². The Balaban J connectivity index is 0.000000204. The zero-order chi connectivity index (χ0) is 102. The summed E-state index contributed by atoms with van der Waals surface area (Å²) in [5, 5.41) is 16.3. The van der Waals surface area contributed by atoms with Crippen molar-refractivity contribution < 1.29 is 57.2 Å². The quantitative estimate of drug-likeness (QED) is 0.0159. The number of carbonyl (C=O) groups excluding carboxylic acids is 6. The molecule has 147 heavy (non-hydrogen) atoms. The van der Waals surface area contributed by atoms with E-state index in [1.54, 1.807) is 0 Å². The van der Waals surface area contributed by atoms with Crippen LogP contribution >= 0.6 is 22.6 Å². The van der Waals surface area contributed by atoms with Gasteiger partial charge >= 0.3 is 35.8 Å². The van der Waals surface area contributed by atoms with Gasteiger partial charge < -0.3 is 48.9 Å². The third kappa shape index (κ3) is 27.5. The summed E-state index contributed by atoms with van der Waals surface area (Å²) in [6.07, 6.45) is 20.3. The van der Waals surface area contributed by atoms with E-state index in [9.17, 15) is 28.8 Å². The Morgan fingerprint density at radius 1 is 0.245 bits per heavy atom. The molecule has 2 N–H and O–H groups in total. The van der Waals surface area contributed by atoms with E-state index in [2.05, 4.69) is 364 Å². The summed E-state index contributed by atoms with van der Waals surface area (Å²) in [6.45, 7) is 12.7. The van der Waals surface area contributed by atoms with Crippen LogP contribution in [0.4, 0.5) is 56.9 Å². The first kappa shape index (κ1) is 106. The van der Waals surface area contributed by atoms with E-state index in [0.717, 1.165) is 242 Å². The van der Waals surface area contributed by atoms with Gasteiger partial charge in [-0.05, 0) is 234 Å². The molecule has 0 spiro atoms. The number of benzene rings is 15. The molecule has 17 heteroatoms. The van der Waals surface area contributed by atoms with Crippen LogP contribution in [0, 0.1) is 3.57 Å². The van der Waals surface area contributed by atoms with Gasteiger partial charge in [-0.25, -0.2) is 0 Å². The lowest BCUT2D eigenvalue weighted by atomic mass is 9.85. The highest BCUT2D eigenvalue weighted by Gasteiger charge is 2.40. The summed E-state index contributed by atoms with van der Waals surface area (Å²) in [7, 11) is 0. The largest absolute Gasteiger partial charge is 0.457 e. The molecule has 758 valence electrons. The lowest BCUT2D eigenvalue weighted by Crippen LogP contribution is -2.25. The van der Waals surface area contributed by atoms with Crippen LogP contribution in [0.5, 0.6) is 0 Å². The van der Waals surface area contributed by atoms with Crippen molar-refractivity contribution >= 4 is 158 Å². The molecule has 0 saturated heterocycles. The first-order chi connectivity index (χ1) is 72.1. The minimum atomic E-state index is -0.550. The number of hydrogen-bond acceptors (Lipinski definition) is 16. The molecule has 15 aromatic rings.